The molecule has 0 bridgehead atoms. The summed E-state index contributed by atoms with van der Waals surface area (Å²) >= 11 is 3.20. The van der Waals surface area contributed by atoms with Crippen molar-refractivity contribution in [2.45, 2.75) is 37.6 Å². The number of nitrogens with one attached hydrogen (secondary N) is 2. The zero-order valence-electron chi connectivity index (χ0n) is 12.2. The number of anilines is 1. The minimum absolute atomic E-state index is 0.00638. The van der Waals surface area contributed by atoms with Gasteiger partial charge in [0.05, 0.1) is 5.69 Å². The maximum absolute atomic E-state index is 12.1. The van der Waals surface area contributed by atoms with Gasteiger partial charge in [-0.3, -0.25) is 4.79 Å². The first kappa shape index (κ1) is 17.9. The minimum atomic E-state index is -3.74. The highest BCUT2D eigenvalue weighted by Gasteiger charge is 2.19. The van der Waals surface area contributed by atoms with Crippen LogP contribution in [0.25, 0.3) is 0 Å². The second-order valence-electron chi connectivity index (χ2n) is 5.63. The maximum Gasteiger partial charge on any atom is 0.242 e. The van der Waals surface area contributed by atoms with E-state index < -0.39 is 10.0 Å². The summed E-state index contributed by atoms with van der Waals surface area (Å²) in [6.45, 7) is 5.59. The number of carbonyl (C=O) groups is 1. The van der Waals surface area contributed by atoms with Gasteiger partial charge >= 0.3 is 0 Å². The molecule has 1 amide bonds. The number of hydrogen-bond acceptors (Lipinski definition) is 4. The Bertz CT molecular complexity index is 624. The molecule has 1 aromatic rings. The van der Waals surface area contributed by atoms with Crippen LogP contribution < -0.4 is 15.8 Å². The molecule has 8 heteroatoms. The summed E-state index contributed by atoms with van der Waals surface area (Å²) in [5, 5.41) is 2.76. The second kappa shape index (κ2) is 6.76. The SMILES string of the molecule is CC(C)(C)NC(=O)CCNS(=O)(=O)c1cc(Br)ccc1N. The molecule has 21 heavy (non-hydrogen) atoms. The zero-order chi connectivity index (χ0) is 16.3. The van der Waals surface area contributed by atoms with Crippen LogP contribution >= 0.6 is 15.9 Å². The third-order valence-electron chi connectivity index (χ3n) is 2.42. The molecule has 0 aliphatic rings. The highest BCUT2D eigenvalue weighted by atomic mass is 79.9. The molecule has 0 radical (unpaired) electrons. The first-order valence-electron chi connectivity index (χ1n) is 6.37. The van der Waals surface area contributed by atoms with E-state index in [1.165, 1.54) is 12.1 Å². The first-order valence-corrected chi connectivity index (χ1v) is 8.64. The Morgan fingerprint density at radius 2 is 1.95 bits per heavy atom. The number of nitrogen functional groups attached to an aromatic ring is 1. The quantitative estimate of drug-likeness (QED) is 0.678. The minimum Gasteiger partial charge on any atom is -0.398 e. The smallest absolute Gasteiger partial charge is 0.242 e. The monoisotopic (exact) mass is 377 g/mol. The van der Waals surface area contributed by atoms with Crippen molar-refractivity contribution in [3.8, 4) is 0 Å². The molecular weight excluding hydrogens is 358 g/mol. The van der Waals surface area contributed by atoms with E-state index in [0.717, 1.165) is 0 Å². The predicted octanol–water partition coefficient (Wildman–Crippen LogP) is 1.61. The fourth-order valence-electron chi connectivity index (χ4n) is 1.60. The van der Waals surface area contributed by atoms with Gasteiger partial charge in [-0.2, -0.15) is 0 Å². The summed E-state index contributed by atoms with van der Waals surface area (Å²) in [5.41, 5.74) is 5.49. The molecule has 1 rings (SSSR count). The van der Waals surface area contributed by atoms with Crippen LogP contribution in [0.15, 0.2) is 27.6 Å². The van der Waals surface area contributed by atoms with Crippen molar-refractivity contribution in [1.29, 1.82) is 0 Å². The second-order valence-corrected chi connectivity index (χ2v) is 8.28. The van der Waals surface area contributed by atoms with Gasteiger partial charge in [-0.25, -0.2) is 13.1 Å². The molecule has 0 saturated heterocycles. The van der Waals surface area contributed by atoms with Crippen molar-refractivity contribution in [3.63, 3.8) is 0 Å². The van der Waals surface area contributed by atoms with Crippen LogP contribution in [-0.2, 0) is 14.8 Å². The average Bonchev–Trinajstić information content (AvgIpc) is 2.29. The van der Waals surface area contributed by atoms with E-state index in [0.29, 0.717) is 4.47 Å². The number of rotatable bonds is 5. The molecule has 0 aromatic heterocycles. The number of nitrogens with two attached hydrogens (primary N) is 1. The van der Waals surface area contributed by atoms with Crippen LogP contribution in [-0.4, -0.2) is 26.4 Å². The summed E-state index contributed by atoms with van der Waals surface area (Å²) in [7, 11) is -3.74. The number of carbonyl (C=O) groups excluding carboxylic acids is 1. The maximum atomic E-state index is 12.1. The molecule has 0 saturated carbocycles. The molecule has 0 aliphatic carbocycles. The van der Waals surface area contributed by atoms with Gasteiger partial charge in [-0.05, 0) is 39.0 Å². The van der Waals surface area contributed by atoms with Crippen LogP contribution in [0.1, 0.15) is 27.2 Å². The van der Waals surface area contributed by atoms with E-state index in [1.807, 2.05) is 20.8 Å². The summed E-state index contributed by atoms with van der Waals surface area (Å²) in [6.07, 6.45) is 0.0599. The summed E-state index contributed by atoms with van der Waals surface area (Å²) in [4.78, 5) is 11.6. The third-order valence-corrected chi connectivity index (χ3v) is 4.43. The van der Waals surface area contributed by atoms with Crippen LogP contribution in [0.5, 0.6) is 0 Å². The summed E-state index contributed by atoms with van der Waals surface area (Å²) in [6, 6.07) is 4.59. The van der Waals surface area contributed by atoms with Gasteiger partial charge in [0, 0.05) is 23.0 Å². The van der Waals surface area contributed by atoms with Gasteiger partial charge < -0.3 is 11.1 Å². The zero-order valence-corrected chi connectivity index (χ0v) is 14.6. The van der Waals surface area contributed by atoms with Gasteiger partial charge in [0.2, 0.25) is 15.9 Å². The number of halogens is 1. The molecule has 0 atom stereocenters. The van der Waals surface area contributed by atoms with Gasteiger partial charge in [-0.15, -0.1) is 0 Å². The van der Waals surface area contributed by atoms with Crippen LogP contribution in [0, 0.1) is 0 Å². The van der Waals surface area contributed by atoms with Crippen molar-refractivity contribution >= 4 is 37.5 Å². The van der Waals surface area contributed by atoms with Crippen molar-refractivity contribution in [3.05, 3.63) is 22.7 Å². The number of amides is 1. The molecule has 1 aromatic carbocycles. The van der Waals surface area contributed by atoms with Crippen molar-refractivity contribution in [2.24, 2.45) is 0 Å². The largest absolute Gasteiger partial charge is 0.398 e. The van der Waals surface area contributed by atoms with Crippen molar-refractivity contribution < 1.29 is 13.2 Å². The van der Waals surface area contributed by atoms with Crippen LogP contribution in [0.3, 0.4) is 0 Å². The molecule has 4 N–H and O–H groups in total. The fraction of sp³-hybridized carbons (Fsp3) is 0.462. The standard InChI is InChI=1S/C13H20BrN3O3S/c1-13(2,3)17-12(18)6-7-16-21(19,20)11-8-9(14)4-5-10(11)15/h4-5,8,16H,6-7,15H2,1-3H3,(H,17,18). The lowest BCUT2D eigenvalue weighted by Gasteiger charge is -2.20. The molecule has 0 spiro atoms. The lowest BCUT2D eigenvalue weighted by Crippen LogP contribution is -2.42. The van der Waals surface area contributed by atoms with E-state index in [1.54, 1.807) is 6.07 Å². The van der Waals surface area contributed by atoms with Crippen LogP contribution in [0.4, 0.5) is 5.69 Å². The third kappa shape index (κ3) is 6.03. The molecule has 0 unspecified atom stereocenters. The Kier molecular flexibility index (Phi) is 5.77. The van der Waals surface area contributed by atoms with Crippen molar-refractivity contribution in [1.82, 2.24) is 10.0 Å². The number of hydrogen-bond donors (Lipinski definition) is 3. The number of benzene rings is 1. The Labute approximate surface area is 133 Å². The van der Waals surface area contributed by atoms with Gasteiger partial charge in [0.25, 0.3) is 0 Å². The Balaban J connectivity index is 2.66. The van der Waals surface area contributed by atoms with E-state index >= 15 is 0 Å². The predicted molar refractivity (Wildman–Crippen MR) is 86.3 cm³/mol. The molecule has 0 aliphatic heterocycles. The Hall–Kier alpha value is -1.12. The highest BCUT2D eigenvalue weighted by Crippen LogP contribution is 2.22. The van der Waals surface area contributed by atoms with Gasteiger partial charge in [-0.1, -0.05) is 15.9 Å². The van der Waals surface area contributed by atoms with E-state index in [9.17, 15) is 13.2 Å². The molecule has 118 valence electrons. The Morgan fingerprint density at radius 3 is 2.52 bits per heavy atom. The molecule has 6 nitrogen and oxygen atoms in total. The van der Waals surface area contributed by atoms with E-state index in [-0.39, 0.29) is 35.0 Å². The molecular formula is C13H20BrN3O3S. The molecule has 0 heterocycles. The average molecular weight is 378 g/mol. The van der Waals surface area contributed by atoms with Crippen molar-refractivity contribution in [2.75, 3.05) is 12.3 Å². The molecule has 0 fully saturated rings. The van der Waals surface area contributed by atoms with E-state index in [4.69, 9.17) is 5.73 Å². The lowest BCUT2D eigenvalue weighted by atomic mass is 10.1. The van der Waals surface area contributed by atoms with Gasteiger partial charge in [0.15, 0.2) is 0 Å². The summed E-state index contributed by atoms with van der Waals surface area (Å²) < 4.78 is 27.2. The van der Waals surface area contributed by atoms with Gasteiger partial charge in [0.1, 0.15) is 4.90 Å². The van der Waals surface area contributed by atoms with Crippen LogP contribution in [0.2, 0.25) is 0 Å². The number of sulfonamides is 1. The normalized spacial score (nSPS) is 12.2. The Morgan fingerprint density at radius 1 is 1.33 bits per heavy atom. The lowest BCUT2D eigenvalue weighted by molar-refractivity contribution is -0.122. The summed E-state index contributed by atoms with van der Waals surface area (Å²) in [5.74, 6) is -0.215. The highest BCUT2D eigenvalue weighted by molar-refractivity contribution is 9.10. The first-order chi connectivity index (χ1) is 9.51. The topological polar surface area (TPSA) is 101 Å². The van der Waals surface area contributed by atoms with E-state index in [2.05, 4.69) is 26.0 Å². The fourth-order valence-corrected chi connectivity index (χ4v) is 3.30.